The molecular weight excluding hydrogens is 204 g/mol. The second-order valence-corrected chi connectivity index (χ2v) is 3.72. The molecule has 16 heavy (non-hydrogen) atoms. The molecule has 0 aliphatic heterocycles. The number of nitrogens with zero attached hydrogens (tertiary/aromatic N) is 2. The van der Waals surface area contributed by atoms with Crippen LogP contribution in [0.2, 0.25) is 0 Å². The third kappa shape index (κ3) is 3.60. The zero-order chi connectivity index (χ0) is 12.0. The summed E-state index contributed by atoms with van der Waals surface area (Å²) in [5.41, 5.74) is 6.59. The van der Waals surface area contributed by atoms with Gasteiger partial charge >= 0.3 is 0 Å². The lowest BCUT2D eigenvalue weighted by molar-refractivity contribution is -0.133. The van der Waals surface area contributed by atoms with E-state index in [0.29, 0.717) is 13.0 Å². The van der Waals surface area contributed by atoms with Gasteiger partial charge in [0.25, 0.3) is 5.91 Å². The summed E-state index contributed by atoms with van der Waals surface area (Å²) < 4.78 is 0. The molecule has 0 fully saturated rings. The Labute approximate surface area is 95.4 Å². The van der Waals surface area contributed by atoms with E-state index in [0.717, 1.165) is 17.0 Å². The fraction of sp³-hybridized carbons (Fsp3) is 0.455. The molecule has 1 atom stereocenters. The minimum atomic E-state index is -0.508. The molecule has 1 aromatic heterocycles. The number of hydrogen-bond acceptors (Lipinski definition) is 4. The lowest BCUT2D eigenvalue weighted by Gasteiger charge is -2.20. The van der Waals surface area contributed by atoms with Gasteiger partial charge in [-0.05, 0) is 18.1 Å². The van der Waals surface area contributed by atoms with Crippen molar-refractivity contribution in [3.05, 3.63) is 30.1 Å². The van der Waals surface area contributed by atoms with Crippen LogP contribution in [0.5, 0.6) is 0 Å². The Bertz CT molecular complexity index is 328. The van der Waals surface area contributed by atoms with Crippen molar-refractivity contribution in [2.45, 2.75) is 32.4 Å². The first kappa shape index (κ1) is 12.6. The second kappa shape index (κ2) is 6.19. The largest absolute Gasteiger partial charge is 0.320 e. The predicted molar refractivity (Wildman–Crippen MR) is 61.9 cm³/mol. The number of rotatable bonds is 5. The van der Waals surface area contributed by atoms with Gasteiger partial charge in [-0.2, -0.15) is 0 Å². The number of aromatic nitrogens is 1. The van der Waals surface area contributed by atoms with Crippen molar-refractivity contribution in [3.63, 3.8) is 0 Å². The molecule has 1 unspecified atom stereocenters. The van der Waals surface area contributed by atoms with Crippen molar-refractivity contribution in [2.24, 2.45) is 11.6 Å². The van der Waals surface area contributed by atoms with Crippen LogP contribution in [0.25, 0.3) is 0 Å². The maximum atomic E-state index is 11.7. The summed E-state index contributed by atoms with van der Waals surface area (Å²) in [6.45, 7) is 2.32. The topological polar surface area (TPSA) is 85.2 Å². The molecule has 0 bridgehead atoms. The Hall–Kier alpha value is -1.46. The summed E-state index contributed by atoms with van der Waals surface area (Å²) >= 11 is 0. The molecule has 0 saturated carbocycles. The molecular formula is C11H18N4O. The Morgan fingerprint density at radius 3 is 2.94 bits per heavy atom. The third-order valence-electron chi connectivity index (χ3n) is 2.28. The van der Waals surface area contributed by atoms with E-state index in [2.05, 4.69) is 4.98 Å². The van der Waals surface area contributed by atoms with Crippen molar-refractivity contribution >= 4 is 5.91 Å². The van der Waals surface area contributed by atoms with Crippen LogP contribution in [0, 0.1) is 0 Å². The second-order valence-electron chi connectivity index (χ2n) is 3.72. The van der Waals surface area contributed by atoms with Gasteiger partial charge < -0.3 is 5.73 Å². The molecule has 0 aliphatic rings. The Kier molecular flexibility index (Phi) is 4.88. The molecule has 5 nitrogen and oxygen atoms in total. The van der Waals surface area contributed by atoms with Crippen molar-refractivity contribution in [3.8, 4) is 0 Å². The molecule has 88 valence electrons. The number of nitrogens with two attached hydrogens (primary N) is 2. The average molecular weight is 222 g/mol. The van der Waals surface area contributed by atoms with Crippen molar-refractivity contribution < 1.29 is 4.79 Å². The molecule has 0 aliphatic carbocycles. The summed E-state index contributed by atoms with van der Waals surface area (Å²) in [6, 6.07) is 3.16. The van der Waals surface area contributed by atoms with E-state index in [1.54, 1.807) is 18.5 Å². The number of hydrazine groups is 1. The molecule has 1 heterocycles. The van der Waals surface area contributed by atoms with Crippen LogP contribution in [0.15, 0.2) is 24.5 Å². The van der Waals surface area contributed by atoms with Crippen molar-refractivity contribution in [1.29, 1.82) is 0 Å². The summed E-state index contributed by atoms with van der Waals surface area (Å²) in [5, 5.41) is 1.15. The van der Waals surface area contributed by atoms with E-state index in [1.165, 1.54) is 0 Å². The number of pyridine rings is 1. The lowest BCUT2D eigenvalue weighted by atomic mass is 10.1. The highest BCUT2D eigenvalue weighted by atomic mass is 16.2. The van der Waals surface area contributed by atoms with Gasteiger partial charge in [-0.25, -0.2) is 5.84 Å². The number of carbonyl (C=O) groups is 1. The van der Waals surface area contributed by atoms with E-state index in [1.807, 2.05) is 13.0 Å². The SMILES string of the molecule is CCCC(N)C(=O)N(N)Cc1cccnc1. The number of carbonyl (C=O) groups excluding carboxylic acids is 1. The number of amides is 1. The first-order valence-electron chi connectivity index (χ1n) is 5.35. The number of hydrogen-bond donors (Lipinski definition) is 2. The molecule has 0 spiro atoms. The Morgan fingerprint density at radius 2 is 2.38 bits per heavy atom. The van der Waals surface area contributed by atoms with E-state index >= 15 is 0 Å². The van der Waals surface area contributed by atoms with Gasteiger partial charge in [0, 0.05) is 12.4 Å². The van der Waals surface area contributed by atoms with Crippen LogP contribution in [0.1, 0.15) is 25.3 Å². The van der Waals surface area contributed by atoms with E-state index < -0.39 is 6.04 Å². The van der Waals surface area contributed by atoms with Gasteiger partial charge in [0.15, 0.2) is 0 Å². The molecule has 4 N–H and O–H groups in total. The minimum absolute atomic E-state index is 0.231. The monoisotopic (exact) mass is 222 g/mol. The van der Waals surface area contributed by atoms with E-state index in [4.69, 9.17) is 11.6 Å². The predicted octanol–water partition coefficient (Wildman–Crippen LogP) is 0.411. The molecule has 0 aromatic carbocycles. The highest BCUT2D eigenvalue weighted by molar-refractivity contribution is 5.80. The lowest BCUT2D eigenvalue weighted by Crippen LogP contribution is -2.47. The molecule has 0 saturated heterocycles. The van der Waals surface area contributed by atoms with Gasteiger partial charge in [-0.15, -0.1) is 0 Å². The summed E-state index contributed by atoms with van der Waals surface area (Å²) in [6.07, 6.45) is 4.88. The molecule has 1 amide bonds. The van der Waals surface area contributed by atoms with Crippen LogP contribution in [0.3, 0.4) is 0 Å². The molecule has 1 rings (SSSR count). The highest BCUT2D eigenvalue weighted by Crippen LogP contribution is 2.02. The van der Waals surface area contributed by atoms with E-state index in [-0.39, 0.29) is 5.91 Å². The zero-order valence-electron chi connectivity index (χ0n) is 9.47. The zero-order valence-corrected chi connectivity index (χ0v) is 9.47. The maximum absolute atomic E-state index is 11.7. The van der Waals surface area contributed by atoms with Gasteiger partial charge in [-0.3, -0.25) is 14.8 Å². The minimum Gasteiger partial charge on any atom is -0.320 e. The summed E-state index contributed by atoms with van der Waals surface area (Å²) in [5.74, 6) is 5.43. The van der Waals surface area contributed by atoms with Gasteiger partial charge in [0.2, 0.25) is 0 Å². The van der Waals surface area contributed by atoms with Gasteiger partial charge in [0.05, 0.1) is 12.6 Å². The van der Waals surface area contributed by atoms with Gasteiger partial charge in [-0.1, -0.05) is 19.4 Å². The summed E-state index contributed by atoms with van der Waals surface area (Å²) in [4.78, 5) is 15.6. The Balaban J connectivity index is 2.52. The average Bonchev–Trinajstić information content (AvgIpc) is 2.29. The Morgan fingerprint density at radius 1 is 1.62 bits per heavy atom. The molecule has 0 radical (unpaired) electrons. The van der Waals surface area contributed by atoms with Crippen LogP contribution in [-0.4, -0.2) is 21.9 Å². The van der Waals surface area contributed by atoms with Crippen LogP contribution >= 0.6 is 0 Å². The van der Waals surface area contributed by atoms with E-state index in [9.17, 15) is 4.79 Å². The van der Waals surface area contributed by atoms with Crippen LogP contribution < -0.4 is 11.6 Å². The normalized spacial score (nSPS) is 12.2. The quantitative estimate of drug-likeness (QED) is 0.429. The summed E-state index contributed by atoms with van der Waals surface area (Å²) in [7, 11) is 0. The molecule has 1 aromatic rings. The van der Waals surface area contributed by atoms with Crippen LogP contribution in [-0.2, 0) is 11.3 Å². The first-order chi connectivity index (χ1) is 7.65. The fourth-order valence-corrected chi connectivity index (χ4v) is 1.41. The molecule has 5 heteroatoms. The maximum Gasteiger partial charge on any atom is 0.253 e. The fourth-order valence-electron chi connectivity index (χ4n) is 1.41. The van der Waals surface area contributed by atoms with Gasteiger partial charge in [0.1, 0.15) is 0 Å². The van der Waals surface area contributed by atoms with Crippen molar-refractivity contribution in [2.75, 3.05) is 0 Å². The van der Waals surface area contributed by atoms with Crippen molar-refractivity contribution in [1.82, 2.24) is 9.99 Å². The third-order valence-corrected chi connectivity index (χ3v) is 2.28. The van der Waals surface area contributed by atoms with Crippen LogP contribution in [0.4, 0.5) is 0 Å². The standard InChI is InChI=1S/C11H18N4O/c1-2-4-10(12)11(16)15(13)8-9-5-3-6-14-7-9/h3,5-7,10H,2,4,8,12-13H2,1H3. The first-order valence-corrected chi connectivity index (χ1v) is 5.35. The smallest absolute Gasteiger partial charge is 0.253 e. The highest BCUT2D eigenvalue weighted by Gasteiger charge is 2.17.